The number of aromatic nitrogens is 2. The molecule has 19 heavy (non-hydrogen) atoms. The number of imidazole rings is 1. The lowest BCUT2D eigenvalue weighted by Gasteiger charge is -2.25. The molecular formula is C16H23N3. The summed E-state index contributed by atoms with van der Waals surface area (Å²) in [5.41, 5.74) is 1.35. The van der Waals surface area contributed by atoms with Gasteiger partial charge in [-0.2, -0.15) is 0 Å². The fourth-order valence-corrected chi connectivity index (χ4v) is 2.53. The molecule has 0 saturated carbocycles. The highest BCUT2D eigenvalue weighted by Gasteiger charge is 2.23. The van der Waals surface area contributed by atoms with E-state index < -0.39 is 0 Å². The van der Waals surface area contributed by atoms with Crippen LogP contribution < -0.4 is 5.32 Å². The number of nitrogens with zero attached hydrogens (tertiary/aromatic N) is 2. The molecule has 3 nitrogen and oxygen atoms in total. The van der Waals surface area contributed by atoms with E-state index in [9.17, 15) is 0 Å². The maximum atomic E-state index is 4.55. The molecule has 0 fully saturated rings. The quantitative estimate of drug-likeness (QED) is 0.860. The second kappa shape index (κ2) is 6.53. The Bertz CT molecular complexity index is 490. The van der Waals surface area contributed by atoms with Crippen molar-refractivity contribution in [2.24, 2.45) is 0 Å². The predicted octanol–water partition coefficient (Wildman–Crippen LogP) is 3.36. The highest BCUT2D eigenvalue weighted by atomic mass is 15.1. The van der Waals surface area contributed by atoms with Crippen LogP contribution in [0.1, 0.15) is 44.1 Å². The summed E-state index contributed by atoms with van der Waals surface area (Å²) in [4.78, 5) is 4.55. The van der Waals surface area contributed by atoms with Crippen molar-refractivity contribution in [2.75, 3.05) is 6.54 Å². The van der Waals surface area contributed by atoms with Crippen LogP contribution in [0.4, 0.5) is 0 Å². The van der Waals surface area contributed by atoms with Crippen LogP contribution in [0.5, 0.6) is 0 Å². The van der Waals surface area contributed by atoms with Crippen LogP contribution in [0, 0.1) is 0 Å². The zero-order valence-corrected chi connectivity index (χ0v) is 12.0. The first kappa shape index (κ1) is 13.8. The first-order valence-electron chi connectivity index (χ1n) is 7.07. The van der Waals surface area contributed by atoms with E-state index in [1.165, 1.54) is 5.56 Å². The summed E-state index contributed by atoms with van der Waals surface area (Å²) < 4.78 is 2.22. The van der Waals surface area contributed by atoms with Crippen molar-refractivity contribution in [1.29, 1.82) is 0 Å². The second-order valence-electron chi connectivity index (χ2n) is 4.81. The Morgan fingerprint density at radius 1 is 1.21 bits per heavy atom. The fraction of sp³-hybridized carbons (Fsp3) is 0.438. The Kier molecular flexibility index (Phi) is 4.74. The summed E-state index contributed by atoms with van der Waals surface area (Å²) >= 11 is 0. The van der Waals surface area contributed by atoms with E-state index in [0.29, 0.717) is 5.92 Å². The van der Waals surface area contributed by atoms with E-state index in [1.54, 1.807) is 0 Å². The molecule has 2 rings (SSSR count). The maximum absolute atomic E-state index is 4.55. The van der Waals surface area contributed by atoms with Crippen molar-refractivity contribution in [2.45, 2.75) is 39.3 Å². The van der Waals surface area contributed by atoms with E-state index in [1.807, 2.05) is 6.20 Å². The van der Waals surface area contributed by atoms with Crippen LogP contribution in [0.3, 0.4) is 0 Å². The molecule has 1 N–H and O–H groups in total. The lowest BCUT2D eigenvalue weighted by atomic mass is 9.92. The molecule has 2 unspecified atom stereocenters. The van der Waals surface area contributed by atoms with Crippen molar-refractivity contribution >= 4 is 0 Å². The first-order chi connectivity index (χ1) is 9.27. The Morgan fingerprint density at radius 2 is 1.95 bits per heavy atom. The van der Waals surface area contributed by atoms with Crippen LogP contribution in [-0.4, -0.2) is 16.1 Å². The molecule has 0 radical (unpaired) electrons. The number of hydrogen-bond donors (Lipinski definition) is 1. The van der Waals surface area contributed by atoms with E-state index in [-0.39, 0.29) is 6.04 Å². The third kappa shape index (κ3) is 3.04. The Hall–Kier alpha value is -1.61. The number of hydrogen-bond acceptors (Lipinski definition) is 2. The number of nitrogens with one attached hydrogen (secondary N) is 1. The van der Waals surface area contributed by atoms with Crippen LogP contribution in [0.25, 0.3) is 0 Å². The van der Waals surface area contributed by atoms with Gasteiger partial charge in [-0.3, -0.25) is 0 Å². The average molecular weight is 257 g/mol. The molecule has 0 aliphatic heterocycles. The molecule has 0 amide bonds. The third-order valence-corrected chi connectivity index (χ3v) is 3.62. The van der Waals surface area contributed by atoms with Gasteiger partial charge in [0.2, 0.25) is 0 Å². The Morgan fingerprint density at radius 3 is 2.58 bits per heavy atom. The van der Waals surface area contributed by atoms with E-state index in [4.69, 9.17) is 0 Å². The van der Waals surface area contributed by atoms with Gasteiger partial charge in [0.05, 0.1) is 6.04 Å². The topological polar surface area (TPSA) is 29.9 Å². The minimum Gasteiger partial charge on any atom is -0.334 e. The van der Waals surface area contributed by atoms with Gasteiger partial charge in [-0.05, 0) is 19.0 Å². The first-order valence-corrected chi connectivity index (χ1v) is 7.07. The molecular weight excluding hydrogens is 234 g/mol. The normalized spacial score (nSPS) is 14.3. The van der Waals surface area contributed by atoms with Crippen LogP contribution in [0.2, 0.25) is 0 Å². The van der Waals surface area contributed by atoms with Gasteiger partial charge in [0.25, 0.3) is 0 Å². The fourth-order valence-electron chi connectivity index (χ4n) is 2.53. The molecule has 102 valence electrons. The summed E-state index contributed by atoms with van der Waals surface area (Å²) in [6.07, 6.45) is 3.94. The van der Waals surface area contributed by atoms with Gasteiger partial charge in [-0.25, -0.2) is 4.98 Å². The van der Waals surface area contributed by atoms with Gasteiger partial charge in [-0.15, -0.1) is 0 Å². The lowest BCUT2D eigenvalue weighted by molar-refractivity contribution is 0.439. The number of rotatable bonds is 6. The molecule has 0 saturated heterocycles. The highest BCUT2D eigenvalue weighted by Crippen LogP contribution is 2.29. The molecule has 3 heteroatoms. The molecule has 0 spiro atoms. The van der Waals surface area contributed by atoms with Gasteiger partial charge in [0.15, 0.2) is 0 Å². The molecule has 1 heterocycles. The number of benzene rings is 1. The van der Waals surface area contributed by atoms with Crippen LogP contribution >= 0.6 is 0 Å². The molecule has 2 atom stereocenters. The maximum Gasteiger partial charge on any atom is 0.126 e. The van der Waals surface area contributed by atoms with Gasteiger partial charge in [0, 0.05) is 24.9 Å². The van der Waals surface area contributed by atoms with Gasteiger partial charge in [0.1, 0.15) is 5.82 Å². The van der Waals surface area contributed by atoms with Crippen molar-refractivity contribution in [3.63, 3.8) is 0 Å². The molecule has 1 aromatic carbocycles. The summed E-state index contributed by atoms with van der Waals surface area (Å²) in [6.45, 7) is 8.46. The van der Waals surface area contributed by atoms with Gasteiger partial charge >= 0.3 is 0 Å². The van der Waals surface area contributed by atoms with Gasteiger partial charge in [-0.1, -0.05) is 44.2 Å². The summed E-state index contributed by atoms with van der Waals surface area (Å²) in [6, 6.07) is 10.9. The van der Waals surface area contributed by atoms with Crippen LogP contribution in [-0.2, 0) is 6.54 Å². The zero-order chi connectivity index (χ0) is 13.7. The standard InChI is InChI=1S/C16H23N3/c1-4-17-15(16-18-11-12-19(16)5-2)13(3)14-9-7-6-8-10-14/h6-13,15,17H,4-5H2,1-3H3. The lowest BCUT2D eigenvalue weighted by Crippen LogP contribution is -2.28. The van der Waals surface area contributed by atoms with E-state index >= 15 is 0 Å². The minimum atomic E-state index is 0.252. The SMILES string of the molecule is CCNC(c1nccn1CC)C(C)c1ccccc1. The van der Waals surface area contributed by atoms with E-state index in [2.05, 4.69) is 72.2 Å². The molecule has 0 aliphatic rings. The van der Waals surface area contributed by atoms with Gasteiger partial charge < -0.3 is 9.88 Å². The minimum absolute atomic E-state index is 0.252. The smallest absolute Gasteiger partial charge is 0.126 e. The molecule has 0 bridgehead atoms. The second-order valence-corrected chi connectivity index (χ2v) is 4.81. The average Bonchev–Trinajstić information content (AvgIpc) is 2.93. The van der Waals surface area contributed by atoms with E-state index in [0.717, 1.165) is 18.9 Å². The summed E-state index contributed by atoms with van der Waals surface area (Å²) in [7, 11) is 0. The largest absolute Gasteiger partial charge is 0.334 e. The Labute approximate surface area is 115 Å². The van der Waals surface area contributed by atoms with Crippen LogP contribution in [0.15, 0.2) is 42.7 Å². The Balaban J connectivity index is 2.30. The van der Waals surface area contributed by atoms with Crippen molar-refractivity contribution in [3.05, 3.63) is 54.1 Å². The van der Waals surface area contributed by atoms with Crippen molar-refractivity contribution < 1.29 is 0 Å². The van der Waals surface area contributed by atoms with Crippen molar-refractivity contribution in [1.82, 2.24) is 14.9 Å². The summed E-state index contributed by atoms with van der Waals surface area (Å²) in [5.74, 6) is 1.52. The predicted molar refractivity (Wildman–Crippen MR) is 79.2 cm³/mol. The monoisotopic (exact) mass is 257 g/mol. The highest BCUT2D eigenvalue weighted by molar-refractivity contribution is 5.22. The third-order valence-electron chi connectivity index (χ3n) is 3.62. The zero-order valence-electron chi connectivity index (χ0n) is 12.0. The molecule has 2 aromatic rings. The molecule has 1 aromatic heterocycles. The number of likely N-dealkylation sites (N-methyl/N-ethyl adjacent to an activating group) is 1. The molecule has 0 aliphatic carbocycles. The van der Waals surface area contributed by atoms with Crippen molar-refractivity contribution in [3.8, 4) is 0 Å². The number of aryl methyl sites for hydroxylation is 1. The summed E-state index contributed by atoms with van der Waals surface area (Å²) in [5, 5.41) is 3.57.